The molecule has 6 N–H and O–H groups in total. The molecule has 2 aromatic rings. The van der Waals surface area contributed by atoms with Crippen LogP contribution >= 0.6 is 12.4 Å². The fourth-order valence-corrected chi connectivity index (χ4v) is 5.31. The summed E-state index contributed by atoms with van der Waals surface area (Å²) in [4.78, 5) is 81.3. The van der Waals surface area contributed by atoms with Crippen molar-refractivity contribution in [2.45, 2.75) is 50.9 Å². The minimum Gasteiger partial charge on any atom is -0.508 e. The molecule has 2 heterocycles. The molecule has 0 aliphatic carbocycles. The average molecular weight is 705 g/mol. The Balaban J connectivity index is 0.00000650. The lowest BCUT2D eigenvalue weighted by atomic mass is 10.1. The van der Waals surface area contributed by atoms with Crippen LogP contribution < -0.4 is 11.5 Å². The van der Waals surface area contributed by atoms with Gasteiger partial charge in [-0.1, -0.05) is 24.3 Å². The summed E-state index contributed by atoms with van der Waals surface area (Å²) in [6.07, 6.45) is 0.260. The van der Waals surface area contributed by atoms with Crippen molar-refractivity contribution in [3.63, 3.8) is 0 Å². The van der Waals surface area contributed by atoms with Crippen LogP contribution in [0.2, 0.25) is 0 Å². The Bertz CT molecular complexity index is 1380. The van der Waals surface area contributed by atoms with E-state index in [1.807, 2.05) is 0 Å². The second kappa shape index (κ2) is 17.2. The van der Waals surface area contributed by atoms with Gasteiger partial charge in [0.15, 0.2) is 13.5 Å². The molecule has 0 aromatic heterocycles. The first-order valence-corrected chi connectivity index (χ1v) is 15.3. The van der Waals surface area contributed by atoms with Crippen LogP contribution in [0.5, 0.6) is 11.5 Å². The van der Waals surface area contributed by atoms with E-state index in [0.717, 1.165) is 9.80 Å². The van der Waals surface area contributed by atoms with Gasteiger partial charge in [-0.3, -0.25) is 38.6 Å². The highest BCUT2D eigenvalue weighted by atomic mass is 35.5. The number of rotatable bonds is 13. The second-order valence-corrected chi connectivity index (χ2v) is 11.9. The van der Waals surface area contributed by atoms with Crippen LogP contribution in [-0.4, -0.2) is 129 Å². The van der Waals surface area contributed by atoms with Gasteiger partial charge >= 0.3 is 11.9 Å². The molecule has 0 saturated carbocycles. The van der Waals surface area contributed by atoms with Gasteiger partial charge in [0.1, 0.15) is 23.6 Å². The summed E-state index contributed by atoms with van der Waals surface area (Å²) in [5, 5.41) is 18.8. The molecule has 2 aliphatic heterocycles. The number of esters is 2. The SMILES string of the molecule is C[C@H]([C@H](C)N1CC(=O)N(COC(=O)[C@@H](N)Cc2ccc(O)cc2)C(=O)C1)N1CC(=O)N(COC(=O)[C@@H](N)Cc2ccc(O)cc2)C(=O)C1.Cl. The number of hydrogen-bond acceptors (Lipinski definition) is 14. The number of aromatic hydroxyl groups is 2. The normalized spacial score (nSPS) is 18.4. The minimum absolute atomic E-state index is 0. The minimum atomic E-state index is -1.05. The number of hydrogen-bond donors (Lipinski definition) is 4. The van der Waals surface area contributed by atoms with Crippen LogP contribution in [0.15, 0.2) is 48.5 Å². The average Bonchev–Trinajstić information content (AvgIpc) is 3.04. The van der Waals surface area contributed by atoms with Crippen molar-refractivity contribution >= 4 is 48.0 Å². The zero-order valence-corrected chi connectivity index (χ0v) is 27.9. The maximum Gasteiger partial charge on any atom is 0.324 e. The third-order valence-corrected chi connectivity index (χ3v) is 8.47. The molecular formula is C32H41ClN6O10. The maximum atomic E-state index is 12.9. The van der Waals surface area contributed by atoms with Crippen molar-refractivity contribution in [3.8, 4) is 11.5 Å². The molecule has 17 heteroatoms. The van der Waals surface area contributed by atoms with Crippen LogP contribution in [0.4, 0.5) is 0 Å². The highest BCUT2D eigenvalue weighted by Crippen LogP contribution is 2.19. The van der Waals surface area contributed by atoms with Crippen LogP contribution in [0.1, 0.15) is 25.0 Å². The Morgan fingerprint density at radius 3 is 1.20 bits per heavy atom. The lowest BCUT2D eigenvalue weighted by Gasteiger charge is -2.43. The Labute approximate surface area is 288 Å². The van der Waals surface area contributed by atoms with E-state index in [1.54, 1.807) is 47.9 Å². The number of ether oxygens (including phenoxy) is 2. The Morgan fingerprint density at radius 2 is 0.918 bits per heavy atom. The second-order valence-electron chi connectivity index (χ2n) is 11.9. The summed E-state index contributed by atoms with van der Waals surface area (Å²) in [6, 6.07) is 9.31. The maximum absolute atomic E-state index is 12.9. The van der Waals surface area contributed by atoms with E-state index < -0.39 is 73.2 Å². The van der Waals surface area contributed by atoms with Crippen molar-refractivity contribution < 1.29 is 48.5 Å². The van der Waals surface area contributed by atoms with Crippen LogP contribution in [0.25, 0.3) is 0 Å². The first kappa shape index (κ1) is 38.8. The number of amides is 4. The summed E-state index contributed by atoms with van der Waals surface area (Å²) in [5.41, 5.74) is 13.2. The predicted octanol–water partition coefficient (Wildman–Crippen LogP) is -0.921. The third kappa shape index (κ3) is 10.2. The fourth-order valence-electron chi connectivity index (χ4n) is 5.31. The van der Waals surface area contributed by atoms with Gasteiger partial charge in [-0.25, -0.2) is 9.80 Å². The number of halogens is 1. The number of benzene rings is 2. The van der Waals surface area contributed by atoms with Gasteiger partial charge in [0.05, 0.1) is 26.2 Å². The number of phenolic OH excluding ortho intramolecular Hbond substituents is 2. The topological polar surface area (TPSA) is 226 Å². The monoisotopic (exact) mass is 704 g/mol. The highest BCUT2D eigenvalue weighted by molar-refractivity contribution is 6.00. The Morgan fingerprint density at radius 1 is 0.633 bits per heavy atom. The van der Waals surface area contributed by atoms with Gasteiger partial charge in [-0.15, -0.1) is 12.4 Å². The number of carbonyl (C=O) groups excluding carboxylic acids is 6. The van der Waals surface area contributed by atoms with Gasteiger partial charge in [-0.2, -0.15) is 0 Å². The van der Waals surface area contributed by atoms with E-state index in [9.17, 15) is 39.0 Å². The molecule has 0 bridgehead atoms. The summed E-state index contributed by atoms with van der Waals surface area (Å²) < 4.78 is 10.3. The predicted molar refractivity (Wildman–Crippen MR) is 175 cm³/mol. The van der Waals surface area contributed by atoms with E-state index >= 15 is 0 Å². The lowest BCUT2D eigenvalue weighted by Crippen LogP contribution is -2.63. The van der Waals surface area contributed by atoms with E-state index in [2.05, 4.69) is 0 Å². The molecule has 2 aliphatic rings. The number of phenols is 2. The van der Waals surface area contributed by atoms with E-state index in [-0.39, 0.29) is 62.9 Å². The van der Waals surface area contributed by atoms with E-state index in [1.165, 1.54) is 24.3 Å². The number of nitrogens with two attached hydrogens (primary N) is 2. The van der Waals surface area contributed by atoms with Crippen LogP contribution in [0, 0.1) is 0 Å². The molecule has 2 fully saturated rings. The zero-order valence-electron chi connectivity index (χ0n) is 27.1. The smallest absolute Gasteiger partial charge is 0.324 e. The van der Waals surface area contributed by atoms with Crippen molar-refractivity contribution in [2.24, 2.45) is 11.5 Å². The first-order valence-electron chi connectivity index (χ1n) is 15.3. The molecule has 4 atom stereocenters. The zero-order chi connectivity index (χ0) is 35.1. The molecule has 49 heavy (non-hydrogen) atoms. The lowest BCUT2D eigenvalue weighted by molar-refractivity contribution is -0.169. The molecule has 2 aromatic carbocycles. The summed E-state index contributed by atoms with van der Waals surface area (Å²) in [5.74, 6) is -3.82. The van der Waals surface area contributed by atoms with Gasteiger partial charge in [0, 0.05) is 12.1 Å². The van der Waals surface area contributed by atoms with Crippen LogP contribution in [0.3, 0.4) is 0 Å². The molecule has 16 nitrogen and oxygen atoms in total. The molecule has 4 rings (SSSR count). The van der Waals surface area contributed by atoms with E-state index in [4.69, 9.17) is 20.9 Å². The third-order valence-electron chi connectivity index (χ3n) is 8.47. The Hall–Kier alpha value is -4.61. The van der Waals surface area contributed by atoms with Gasteiger partial charge in [-0.05, 0) is 62.1 Å². The standard InChI is InChI=1S/C32H40N6O10.ClH/c1-19(35-13-27(41)37(28(42)14-35)17-47-31(45)25(33)11-21-3-7-23(39)8-4-21)20(2)36-15-29(43)38(30(44)16-36)18-48-32(46)26(34)12-22-5-9-24(40)10-6-22;/h3-10,19-20,25-26,39-40H,11-18,33-34H2,1-2H3;1H/t19-,20+,25-,26-;/m0./s1. The number of piperazine rings is 2. The first-order chi connectivity index (χ1) is 22.7. The number of carbonyl (C=O) groups is 6. The summed E-state index contributed by atoms with van der Waals surface area (Å²) >= 11 is 0. The van der Waals surface area contributed by atoms with Gasteiger partial charge in [0.25, 0.3) is 0 Å². The van der Waals surface area contributed by atoms with E-state index in [0.29, 0.717) is 11.1 Å². The van der Waals surface area contributed by atoms with Crippen molar-refractivity contribution in [3.05, 3.63) is 59.7 Å². The molecule has 0 radical (unpaired) electrons. The number of nitrogens with zero attached hydrogens (tertiary/aromatic N) is 4. The Kier molecular flexibility index (Phi) is 13.6. The van der Waals surface area contributed by atoms with Crippen LogP contribution in [-0.2, 0) is 51.1 Å². The van der Waals surface area contributed by atoms with Gasteiger partial charge in [0.2, 0.25) is 23.6 Å². The molecule has 4 amide bonds. The molecule has 0 spiro atoms. The summed E-state index contributed by atoms with van der Waals surface area (Å²) in [7, 11) is 0. The van der Waals surface area contributed by atoms with Crippen molar-refractivity contribution in [1.29, 1.82) is 0 Å². The largest absolute Gasteiger partial charge is 0.508 e. The van der Waals surface area contributed by atoms with Gasteiger partial charge < -0.3 is 31.2 Å². The summed E-state index contributed by atoms with van der Waals surface area (Å²) in [6.45, 7) is 1.67. The molecule has 0 unspecified atom stereocenters. The van der Waals surface area contributed by atoms with Crippen molar-refractivity contribution in [1.82, 2.24) is 19.6 Å². The highest BCUT2D eigenvalue weighted by Gasteiger charge is 2.40. The fraction of sp³-hybridized carbons (Fsp3) is 0.438. The quantitative estimate of drug-likeness (QED) is 0.146. The van der Waals surface area contributed by atoms with Crippen molar-refractivity contribution in [2.75, 3.05) is 39.6 Å². The molecular weight excluding hydrogens is 664 g/mol. The number of imide groups is 2. The molecule has 2 saturated heterocycles. The molecule has 266 valence electrons.